The third kappa shape index (κ3) is 3.17. The van der Waals surface area contributed by atoms with Crippen molar-refractivity contribution in [3.8, 4) is 0 Å². The molecule has 0 saturated carbocycles. The zero-order valence-electron chi connectivity index (χ0n) is 9.44. The summed E-state index contributed by atoms with van der Waals surface area (Å²) in [5.41, 5.74) is 2.97. The zero-order chi connectivity index (χ0) is 11.1. The lowest BCUT2D eigenvalue weighted by Crippen LogP contribution is -2.04. The van der Waals surface area contributed by atoms with E-state index in [9.17, 15) is 0 Å². The van der Waals surface area contributed by atoms with Crippen LogP contribution >= 0.6 is 0 Å². The van der Waals surface area contributed by atoms with Gasteiger partial charge in [0, 0.05) is 12.4 Å². The third-order valence-electron chi connectivity index (χ3n) is 2.07. The Morgan fingerprint density at radius 1 is 1.33 bits per heavy atom. The van der Waals surface area contributed by atoms with Crippen molar-refractivity contribution in [2.24, 2.45) is 4.99 Å². The molecular weight excluding hydrogens is 184 g/mol. The van der Waals surface area contributed by atoms with Gasteiger partial charge in [0.1, 0.15) is 0 Å². The van der Waals surface area contributed by atoms with Gasteiger partial charge in [0.25, 0.3) is 0 Å². The van der Waals surface area contributed by atoms with Gasteiger partial charge in [-0.3, -0.25) is 9.98 Å². The zero-order valence-corrected chi connectivity index (χ0v) is 9.44. The van der Waals surface area contributed by atoms with Crippen molar-refractivity contribution in [2.75, 3.05) is 0 Å². The number of aliphatic imine (C=N–C) groups is 1. The Bertz CT molecular complexity index is 386. The lowest BCUT2D eigenvalue weighted by Gasteiger charge is -2.04. The Kier molecular flexibility index (Phi) is 4.48. The fraction of sp³-hybridized carbons (Fsp3) is 0.231. The van der Waals surface area contributed by atoms with Crippen molar-refractivity contribution in [2.45, 2.75) is 20.8 Å². The lowest BCUT2D eigenvalue weighted by atomic mass is 10.1. The number of pyridine rings is 1. The number of rotatable bonds is 3. The fourth-order valence-electron chi connectivity index (χ4n) is 1.16. The van der Waals surface area contributed by atoms with Gasteiger partial charge in [-0.05, 0) is 38.5 Å². The molecule has 0 bridgehead atoms. The minimum absolute atomic E-state index is 0.909. The summed E-state index contributed by atoms with van der Waals surface area (Å²) < 4.78 is 0. The van der Waals surface area contributed by atoms with Gasteiger partial charge in [-0.1, -0.05) is 18.2 Å². The van der Waals surface area contributed by atoms with Gasteiger partial charge in [0.15, 0.2) is 0 Å². The molecule has 0 aromatic carbocycles. The highest BCUT2D eigenvalue weighted by Gasteiger charge is 2.04. The monoisotopic (exact) mass is 200 g/mol. The van der Waals surface area contributed by atoms with Gasteiger partial charge in [-0.25, -0.2) is 0 Å². The molecule has 1 heterocycles. The van der Waals surface area contributed by atoms with Crippen LogP contribution in [0.15, 0.2) is 53.3 Å². The summed E-state index contributed by atoms with van der Waals surface area (Å²) in [6.07, 6.45) is 7.52. The first-order valence-corrected chi connectivity index (χ1v) is 5.03. The second-order valence-electron chi connectivity index (χ2n) is 3.15. The van der Waals surface area contributed by atoms with Crippen molar-refractivity contribution in [1.29, 1.82) is 0 Å². The van der Waals surface area contributed by atoms with Crippen LogP contribution in [0.5, 0.6) is 0 Å². The molecule has 0 atom stereocenters. The van der Waals surface area contributed by atoms with Gasteiger partial charge in [0.05, 0.1) is 11.4 Å². The molecule has 1 aromatic rings. The number of hydrogen-bond donors (Lipinski definition) is 0. The van der Waals surface area contributed by atoms with Crippen LogP contribution in [0.2, 0.25) is 0 Å². The smallest absolute Gasteiger partial charge is 0.0911 e. The van der Waals surface area contributed by atoms with Gasteiger partial charge in [-0.2, -0.15) is 0 Å². The second-order valence-corrected chi connectivity index (χ2v) is 3.15. The Hall–Kier alpha value is -1.70. The minimum Gasteiger partial charge on any atom is -0.255 e. The molecule has 0 saturated heterocycles. The number of aromatic nitrogens is 1. The molecule has 15 heavy (non-hydrogen) atoms. The topological polar surface area (TPSA) is 25.2 Å². The maximum Gasteiger partial charge on any atom is 0.0911 e. The normalized spacial score (nSPS) is 13.5. The molecule has 0 N–H and O–H groups in total. The van der Waals surface area contributed by atoms with E-state index >= 15 is 0 Å². The van der Waals surface area contributed by atoms with E-state index in [0.717, 1.165) is 17.0 Å². The first-order valence-electron chi connectivity index (χ1n) is 5.03. The maximum absolute atomic E-state index is 4.39. The van der Waals surface area contributed by atoms with Gasteiger partial charge in [-0.15, -0.1) is 0 Å². The van der Waals surface area contributed by atoms with Crippen LogP contribution < -0.4 is 0 Å². The highest BCUT2D eigenvalue weighted by Crippen LogP contribution is 2.07. The molecule has 0 spiro atoms. The average molecular weight is 200 g/mol. The first kappa shape index (κ1) is 11.4. The van der Waals surface area contributed by atoms with E-state index in [1.807, 2.05) is 51.1 Å². The number of hydrogen-bond acceptors (Lipinski definition) is 2. The van der Waals surface area contributed by atoms with E-state index in [1.165, 1.54) is 0 Å². The Balaban J connectivity index is 3.13. The second kappa shape index (κ2) is 5.91. The summed E-state index contributed by atoms with van der Waals surface area (Å²) in [5, 5.41) is 0. The summed E-state index contributed by atoms with van der Waals surface area (Å²) in [5.74, 6) is 0. The number of allylic oxidation sites excluding steroid dienone is 3. The van der Waals surface area contributed by atoms with E-state index in [4.69, 9.17) is 0 Å². The van der Waals surface area contributed by atoms with Crippen LogP contribution in [0.3, 0.4) is 0 Å². The maximum atomic E-state index is 4.39. The molecular formula is C13H16N2. The van der Waals surface area contributed by atoms with Gasteiger partial charge in [0.2, 0.25) is 0 Å². The molecule has 0 aliphatic carbocycles. The fourth-order valence-corrected chi connectivity index (χ4v) is 1.16. The summed E-state index contributed by atoms with van der Waals surface area (Å²) >= 11 is 0. The van der Waals surface area contributed by atoms with Crippen LogP contribution in [-0.2, 0) is 0 Å². The molecule has 78 valence electrons. The largest absolute Gasteiger partial charge is 0.255 e. The lowest BCUT2D eigenvalue weighted by molar-refractivity contribution is 1.27. The van der Waals surface area contributed by atoms with Crippen LogP contribution in [0, 0.1) is 0 Å². The van der Waals surface area contributed by atoms with Crippen LogP contribution in [-0.4, -0.2) is 10.7 Å². The molecule has 0 fully saturated rings. The molecule has 0 aliphatic heterocycles. The predicted octanol–water partition coefficient (Wildman–Crippen LogP) is 3.37. The quantitative estimate of drug-likeness (QED) is 0.687. The highest BCUT2D eigenvalue weighted by atomic mass is 14.8. The summed E-state index contributed by atoms with van der Waals surface area (Å²) in [7, 11) is 0. The predicted molar refractivity (Wildman–Crippen MR) is 65.0 cm³/mol. The van der Waals surface area contributed by atoms with E-state index in [0.29, 0.717) is 0 Å². The first-order chi connectivity index (χ1) is 7.29. The van der Waals surface area contributed by atoms with Crippen molar-refractivity contribution in [3.63, 3.8) is 0 Å². The third-order valence-corrected chi connectivity index (χ3v) is 2.07. The molecule has 0 radical (unpaired) electrons. The molecule has 0 amide bonds. The molecule has 0 aliphatic rings. The van der Waals surface area contributed by atoms with E-state index < -0.39 is 0 Å². The van der Waals surface area contributed by atoms with Crippen LogP contribution in [0.4, 0.5) is 0 Å². The van der Waals surface area contributed by atoms with Gasteiger partial charge < -0.3 is 0 Å². The van der Waals surface area contributed by atoms with E-state index in [1.54, 1.807) is 12.4 Å². The van der Waals surface area contributed by atoms with Crippen molar-refractivity contribution in [1.82, 2.24) is 4.98 Å². The Labute approximate surface area is 91.1 Å². The van der Waals surface area contributed by atoms with Crippen molar-refractivity contribution < 1.29 is 0 Å². The average Bonchev–Trinajstić information content (AvgIpc) is 2.30. The van der Waals surface area contributed by atoms with Crippen molar-refractivity contribution in [3.05, 3.63) is 54.0 Å². The van der Waals surface area contributed by atoms with Crippen molar-refractivity contribution >= 4 is 5.71 Å². The summed E-state index contributed by atoms with van der Waals surface area (Å²) in [6.45, 7) is 5.99. The Morgan fingerprint density at radius 3 is 2.67 bits per heavy atom. The molecule has 2 heteroatoms. The van der Waals surface area contributed by atoms with Crippen LogP contribution in [0.1, 0.15) is 26.5 Å². The number of nitrogens with zero attached hydrogens (tertiary/aromatic N) is 2. The molecule has 2 nitrogen and oxygen atoms in total. The van der Waals surface area contributed by atoms with E-state index in [2.05, 4.69) is 9.98 Å². The van der Waals surface area contributed by atoms with Gasteiger partial charge >= 0.3 is 0 Å². The summed E-state index contributed by atoms with van der Waals surface area (Å²) in [4.78, 5) is 8.68. The minimum atomic E-state index is 0.909. The molecule has 1 rings (SSSR count). The molecule has 1 aromatic heterocycles. The highest BCUT2D eigenvalue weighted by molar-refractivity contribution is 6.11. The Morgan fingerprint density at radius 2 is 2.13 bits per heavy atom. The molecule has 0 unspecified atom stereocenters. The standard InChI is InChI=1S/C13H16N2/c1-4-9-15-13(11(3)5-2)12-8-6-7-10-14-12/h4-10H,1-3H3/b9-4-,11-5-,15-13+. The van der Waals surface area contributed by atoms with E-state index in [-0.39, 0.29) is 0 Å². The SMILES string of the molecule is C\C=C/N=C(\C(C)=C/C)c1ccccn1. The summed E-state index contributed by atoms with van der Waals surface area (Å²) in [6, 6.07) is 5.84. The van der Waals surface area contributed by atoms with Crippen LogP contribution in [0.25, 0.3) is 0 Å².